The molecule has 10 aromatic rings. The number of nitrogens with zero attached hydrogens (tertiary/aromatic N) is 3. The lowest BCUT2D eigenvalue weighted by molar-refractivity contribution is -0.719. The van der Waals surface area contributed by atoms with Crippen molar-refractivity contribution in [2.24, 2.45) is 5.92 Å². The molecule has 5 heterocycles. The van der Waals surface area contributed by atoms with Gasteiger partial charge in [0, 0.05) is 44.5 Å². The smallest absolute Gasteiger partial charge is 0.304 e. The zero-order valence-corrected chi connectivity index (χ0v) is 40.0. The molecule has 324 valence electrons. The van der Waals surface area contributed by atoms with Gasteiger partial charge in [-0.25, -0.2) is 0 Å². The molecule has 2 aliphatic heterocycles. The largest absolute Gasteiger partial charge is 0.455 e. The monoisotopic (exact) mass is 875 g/mol. The van der Waals surface area contributed by atoms with Crippen molar-refractivity contribution in [2.75, 3.05) is 0 Å². The Bertz CT molecular complexity index is 3600. The van der Waals surface area contributed by atoms with Crippen LogP contribution in [0, 0.1) is 12.8 Å². The molecule has 0 saturated heterocycles. The van der Waals surface area contributed by atoms with E-state index in [-0.39, 0.29) is 12.0 Å². The van der Waals surface area contributed by atoms with Crippen LogP contribution in [0.2, 0.25) is 19.6 Å². The van der Waals surface area contributed by atoms with E-state index < -0.39 is 8.07 Å². The Balaban J connectivity index is 1.21. The van der Waals surface area contributed by atoms with Crippen LogP contribution in [0.1, 0.15) is 60.9 Å². The molecule has 2 aliphatic rings. The maximum atomic E-state index is 7.15. The number of fused-ring (bicyclic) bond motifs is 16. The van der Waals surface area contributed by atoms with Gasteiger partial charge in [-0.1, -0.05) is 161 Å². The van der Waals surface area contributed by atoms with Crippen molar-refractivity contribution in [1.82, 2.24) is 4.57 Å². The lowest BCUT2D eigenvalue weighted by Crippen LogP contribution is -2.54. The Labute approximate surface area is 389 Å². The second kappa shape index (κ2) is 15.4. The predicted octanol–water partition coefficient (Wildman–Crippen LogP) is 14.5. The molecule has 0 bridgehead atoms. The molecular formula is C61H57N3OSi+2. The molecule has 0 fully saturated rings. The van der Waals surface area contributed by atoms with Crippen LogP contribution in [0.5, 0.6) is 0 Å². The maximum absolute atomic E-state index is 7.15. The molecule has 2 atom stereocenters. The number of para-hydroxylation sites is 3. The summed E-state index contributed by atoms with van der Waals surface area (Å²) < 4.78 is 15.0. The fraction of sp³-hybridized carbons (Fsp3) is 0.213. The number of benzene rings is 7. The van der Waals surface area contributed by atoms with Gasteiger partial charge in [0.1, 0.15) is 22.5 Å². The van der Waals surface area contributed by atoms with Gasteiger partial charge in [0.15, 0.2) is 28.9 Å². The van der Waals surface area contributed by atoms with E-state index in [9.17, 15) is 0 Å². The normalized spacial score (nSPS) is 16.1. The highest BCUT2D eigenvalue weighted by Crippen LogP contribution is 2.48. The number of imidazole rings is 1. The summed E-state index contributed by atoms with van der Waals surface area (Å²) in [6.45, 7) is 19.8. The van der Waals surface area contributed by atoms with Crippen molar-refractivity contribution in [1.29, 1.82) is 0 Å². The van der Waals surface area contributed by atoms with Gasteiger partial charge in [0.25, 0.3) is 0 Å². The average Bonchev–Trinajstić information content (AvgIpc) is 3.86. The summed E-state index contributed by atoms with van der Waals surface area (Å²) >= 11 is 0. The number of allylic oxidation sites excluding steroid dienone is 1. The number of aryl methyl sites for hydroxylation is 2. The zero-order chi connectivity index (χ0) is 45.0. The molecule has 0 radical (unpaired) electrons. The number of aromatic nitrogens is 3. The van der Waals surface area contributed by atoms with Crippen molar-refractivity contribution in [3.63, 3.8) is 0 Å². The number of pyridine rings is 1. The van der Waals surface area contributed by atoms with E-state index in [4.69, 9.17) is 11.0 Å². The molecule has 5 heteroatoms. The van der Waals surface area contributed by atoms with Crippen LogP contribution in [-0.2, 0) is 12.8 Å². The standard InChI is InChI=1S/C61H57N3OSi/c1-38(2)33-44-36-55-47-29-25-39(3)34-51(47)48-31-27-43-28-32-50-49-21-13-16-24-56(49)65-60(50)58(43)61-63(40(4)35-54(48)62(55)37-57(44)66(5,6)7)52-22-14-15-23-53(52)64(61)59-45-20-12-11-19-42(45)26-30-46(59)41-17-9-8-10-18-41/h8-26,28-30,32,34,36-38,48,54H,4,27,31,33,35H2,1-3,5-7H3/q+2. The highest BCUT2D eigenvalue weighted by molar-refractivity contribution is 6.89. The van der Waals surface area contributed by atoms with Gasteiger partial charge >= 0.3 is 5.82 Å². The molecule has 0 saturated carbocycles. The van der Waals surface area contributed by atoms with Crippen molar-refractivity contribution in [3.05, 3.63) is 187 Å². The third-order valence-corrected chi connectivity index (χ3v) is 16.7. The topological polar surface area (TPSA) is 25.8 Å². The van der Waals surface area contributed by atoms with Crippen LogP contribution in [0.15, 0.2) is 169 Å². The third-order valence-electron chi connectivity index (χ3n) is 14.7. The first kappa shape index (κ1) is 40.7. The summed E-state index contributed by atoms with van der Waals surface area (Å²) in [5.41, 5.74) is 18.1. The van der Waals surface area contributed by atoms with Gasteiger partial charge in [-0.05, 0) is 90.1 Å². The van der Waals surface area contributed by atoms with Gasteiger partial charge in [0.05, 0.1) is 14.5 Å². The number of rotatable bonds is 5. The first-order valence-corrected chi connectivity index (χ1v) is 27.5. The number of hydrogen-bond donors (Lipinski definition) is 0. The summed E-state index contributed by atoms with van der Waals surface area (Å²) in [6.07, 6.45) is 6.35. The molecule has 3 aromatic heterocycles. The minimum absolute atomic E-state index is 0.154. The Morgan fingerprint density at radius 1 is 0.758 bits per heavy atom. The van der Waals surface area contributed by atoms with Crippen molar-refractivity contribution < 1.29 is 13.6 Å². The van der Waals surface area contributed by atoms with Crippen LogP contribution in [0.25, 0.3) is 88.9 Å². The van der Waals surface area contributed by atoms with E-state index in [1.807, 2.05) is 0 Å². The predicted molar refractivity (Wildman–Crippen MR) is 278 cm³/mol. The Morgan fingerprint density at radius 3 is 2.32 bits per heavy atom. The van der Waals surface area contributed by atoms with Crippen LogP contribution in [0.3, 0.4) is 0 Å². The highest BCUT2D eigenvalue weighted by Gasteiger charge is 2.45. The first-order chi connectivity index (χ1) is 32.0. The molecular weight excluding hydrogens is 819 g/mol. The van der Waals surface area contributed by atoms with E-state index in [0.29, 0.717) is 5.92 Å². The molecule has 4 nitrogen and oxygen atoms in total. The quantitative estimate of drug-likeness (QED) is 0.125. The molecule has 0 aliphatic carbocycles. The number of furan rings is 1. The Hall–Kier alpha value is -6.82. The summed E-state index contributed by atoms with van der Waals surface area (Å²) in [5, 5.41) is 6.24. The van der Waals surface area contributed by atoms with Gasteiger partial charge in [-0.3, -0.25) is 0 Å². The lowest BCUT2D eigenvalue weighted by atomic mass is 9.76. The minimum Gasteiger partial charge on any atom is -0.455 e. The molecule has 0 N–H and O–H groups in total. The molecule has 0 amide bonds. The van der Waals surface area contributed by atoms with E-state index in [1.54, 1.807) is 5.19 Å². The first-order valence-electron chi connectivity index (χ1n) is 24.0. The van der Waals surface area contributed by atoms with Gasteiger partial charge in [-0.2, -0.15) is 13.7 Å². The van der Waals surface area contributed by atoms with E-state index in [0.717, 1.165) is 81.4 Å². The van der Waals surface area contributed by atoms with Gasteiger partial charge in [-0.15, -0.1) is 0 Å². The van der Waals surface area contributed by atoms with E-state index in [2.05, 4.69) is 212 Å². The number of hydrogen-bond acceptors (Lipinski definition) is 1. The van der Waals surface area contributed by atoms with Crippen LogP contribution >= 0.6 is 0 Å². The summed E-state index contributed by atoms with van der Waals surface area (Å²) in [6, 6.07) is 56.6. The van der Waals surface area contributed by atoms with Crippen LogP contribution in [0.4, 0.5) is 0 Å². The second-order valence-corrected chi connectivity index (χ2v) is 25.6. The third kappa shape index (κ3) is 6.38. The van der Waals surface area contributed by atoms with Crippen molar-refractivity contribution in [2.45, 2.75) is 78.1 Å². The maximum Gasteiger partial charge on any atom is 0.304 e. The lowest BCUT2D eigenvalue weighted by Gasteiger charge is -2.33. The fourth-order valence-corrected chi connectivity index (χ4v) is 13.5. The van der Waals surface area contributed by atoms with Gasteiger partial charge < -0.3 is 4.42 Å². The summed E-state index contributed by atoms with van der Waals surface area (Å²) in [5.74, 6) is 1.91. The average molecular weight is 876 g/mol. The fourth-order valence-electron chi connectivity index (χ4n) is 11.8. The van der Waals surface area contributed by atoms with Crippen LogP contribution in [-0.4, -0.2) is 12.6 Å². The Morgan fingerprint density at radius 2 is 1.50 bits per heavy atom. The van der Waals surface area contributed by atoms with E-state index in [1.165, 1.54) is 55.4 Å². The molecule has 2 unspecified atom stereocenters. The van der Waals surface area contributed by atoms with Crippen molar-refractivity contribution >= 4 is 62.7 Å². The molecule has 0 spiro atoms. The highest BCUT2D eigenvalue weighted by atomic mass is 28.3. The second-order valence-electron chi connectivity index (χ2n) is 20.5. The van der Waals surface area contributed by atoms with E-state index >= 15 is 0 Å². The Kier molecular flexibility index (Phi) is 9.48. The molecule has 66 heavy (non-hydrogen) atoms. The summed E-state index contributed by atoms with van der Waals surface area (Å²) in [7, 11) is -1.75. The zero-order valence-electron chi connectivity index (χ0n) is 39.0. The molecule has 7 aromatic carbocycles. The SMILES string of the molecule is C=C1CC2C(CCc3ccc4c(oc5ccccc54)c3-c3n(-c4c(-c5ccccc5)ccc5ccccc45)c4ccccc4[n+]31)c1cc(C)ccc1-c1cc(CC(C)C)c([Si](C)(C)C)c[n+]12. The molecule has 12 rings (SSSR count). The van der Waals surface area contributed by atoms with Crippen molar-refractivity contribution in [3.8, 4) is 39.5 Å². The van der Waals surface area contributed by atoms with Crippen LogP contribution < -0.4 is 14.3 Å². The summed E-state index contributed by atoms with van der Waals surface area (Å²) in [4.78, 5) is 0. The minimum atomic E-state index is -1.75. The van der Waals surface area contributed by atoms with Gasteiger partial charge in [0.2, 0.25) is 5.69 Å².